The van der Waals surface area contributed by atoms with Crippen molar-refractivity contribution in [3.63, 3.8) is 0 Å². The Bertz CT molecular complexity index is 411. The van der Waals surface area contributed by atoms with Gasteiger partial charge >= 0.3 is 0 Å². The van der Waals surface area contributed by atoms with Gasteiger partial charge in [0.1, 0.15) is 0 Å². The Hall–Kier alpha value is -1.06. The summed E-state index contributed by atoms with van der Waals surface area (Å²) in [5, 5.41) is 9.19. The van der Waals surface area contributed by atoms with Gasteiger partial charge in [0.2, 0.25) is 0 Å². The lowest BCUT2D eigenvalue weighted by atomic mass is 9.95. The number of nitrogens with zero attached hydrogens (tertiary/aromatic N) is 1. The van der Waals surface area contributed by atoms with Crippen molar-refractivity contribution in [2.75, 3.05) is 24.6 Å². The smallest absolute Gasteiger partial charge is 0.0624 e. The predicted octanol–water partition coefficient (Wildman–Crippen LogP) is 2.29. The molecule has 1 aromatic carbocycles. The maximum absolute atomic E-state index is 9.19. The summed E-state index contributed by atoms with van der Waals surface area (Å²) >= 11 is 0. The van der Waals surface area contributed by atoms with Gasteiger partial charge in [-0.3, -0.25) is 0 Å². The van der Waals surface area contributed by atoms with E-state index in [1.54, 1.807) is 0 Å². The second-order valence-electron chi connectivity index (χ2n) is 5.26. The minimum atomic E-state index is -0.265. The highest BCUT2D eigenvalue weighted by atomic mass is 16.3. The SMILES string of the molecule is Cc1c([C@H](N)CO)ccc(N2CCCCC2)c1C. The van der Waals surface area contributed by atoms with Crippen LogP contribution < -0.4 is 10.6 Å². The summed E-state index contributed by atoms with van der Waals surface area (Å²) in [5.74, 6) is 0. The van der Waals surface area contributed by atoms with Crippen LogP contribution in [0, 0.1) is 13.8 Å². The maximum atomic E-state index is 9.19. The lowest BCUT2D eigenvalue weighted by Crippen LogP contribution is -2.30. The zero-order chi connectivity index (χ0) is 13.1. The summed E-state index contributed by atoms with van der Waals surface area (Å²) in [6.07, 6.45) is 3.93. The van der Waals surface area contributed by atoms with Gasteiger partial charge < -0.3 is 15.7 Å². The van der Waals surface area contributed by atoms with Gasteiger partial charge in [-0.05, 0) is 55.9 Å². The van der Waals surface area contributed by atoms with Gasteiger partial charge in [0.25, 0.3) is 0 Å². The maximum Gasteiger partial charge on any atom is 0.0624 e. The Morgan fingerprint density at radius 3 is 2.44 bits per heavy atom. The Kier molecular flexibility index (Phi) is 4.25. The van der Waals surface area contributed by atoms with E-state index in [4.69, 9.17) is 5.73 Å². The first-order chi connectivity index (χ1) is 8.65. The van der Waals surface area contributed by atoms with Gasteiger partial charge in [0.15, 0.2) is 0 Å². The van der Waals surface area contributed by atoms with Crippen LogP contribution in [-0.4, -0.2) is 24.8 Å². The lowest BCUT2D eigenvalue weighted by molar-refractivity contribution is 0.267. The zero-order valence-electron chi connectivity index (χ0n) is 11.4. The molecular weight excluding hydrogens is 224 g/mol. The molecule has 1 aliphatic heterocycles. The van der Waals surface area contributed by atoms with Crippen molar-refractivity contribution in [2.24, 2.45) is 5.73 Å². The number of aliphatic hydroxyl groups is 1. The summed E-state index contributed by atoms with van der Waals surface area (Å²) in [6.45, 7) is 6.58. The fraction of sp³-hybridized carbons (Fsp3) is 0.600. The zero-order valence-corrected chi connectivity index (χ0v) is 11.4. The van der Waals surface area contributed by atoms with Gasteiger partial charge in [-0.1, -0.05) is 6.07 Å². The number of hydrogen-bond acceptors (Lipinski definition) is 3. The molecule has 0 aromatic heterocycles. The third kappa shape index (κ3) is 2.52. The third-order valence-corrected chi connectivity index (χ3v) is 4.09. The standard InChI is InChI=1S/C15H24N2O/c1-11-12(2)15(17-8-4-3-5-9-17)7-6-13(11)14(16)10-18/h6-7,14,18H,3-5,8-10,16H2,1-2H3/t14-/m1/s1. The van der Waals surface area contributed by atoms with Gasteiger partial charge in [0, 0.05) is 18.8 Å². The minimum Gasteiger partial charge on any atom is -0.394 e. The first-order valence-corrected chi connectivity index (χ1v) is 6.86. The molecule has 0 spiro atoms. The topological polar surface area (TPSA) is 49.5 Å². The molecule has 1 heterocycles. The third-order valence-electron chi connectivity index (χ3n) is 4.09. The molecule has 3 nitrogen and oxygen atoms in total. The van der Waals surface area contributed by atoms with Gasteiger partial charge in [-0.15, -0.1) is 0 Å². The van der Waals surface area contributed by atoms with Crippen LogP contribution in [-0.2, 0) is 0 Å². The molecule has 1 saturated heterocycles. The highest BCUT2D eigenvalue weighted by Gasteiger charge is 2.17. The normalized spacial score (nSPS) is 17.9. The first kappa shape index (κ1) is 13.4. The Labute approximate surface area is 110 Å². The van der Waals surface area contributed by atoms with Crippen LogP contribution in [0.3, 0.4) is 0 Å². The number of piperidine rings is 1. The van der Waals surface area contributed by atoms with E-state index < -0.39 is 0 Å². The Morgan fingerprint density at radius 2 is 1.83 bits per heavy atom. The van der Waals surface area contributed by atoms with Crippen LogP contribution in [0.4, 0.5) is 5.69 Å². The fourth-order valence-electron chi connectivity index (χ4n) is 2.80. The van der Waals surface area contributed by atoms with E-state index in [0.717, 1.165) is 18.7 Å². The highest BCUT2D eigenvalue weighted by Crippen LogP contribution is 2.29. The monoisotopic (exact) mass is 248 g/mol. The lowest BCUT2D eigenvalue weighted by Gasteiger charge is -2.31. The Morgan fingerprint density at radius 1 is 1.17 bits per heavy atom. The van der Waals surface area contributed by atoms with E-state index in [2.05, 4.69) is 30.9 Å². The summed E-state index contributed by atoms with van der Waals surface area (Å²) in [7, 11) is 0. The van der Waals surface area contributed by atoms with Crippen LogP contribution in [0.15, 0.2) is 12.1 Å². The van der Waals surface area contributed by atoms with Crippen LogP contribution in [0.25, 0.3) is 0 Å². The molecule has 0 amide bonds. The molecule has 0 unspecified atom stereocenters. The van der Waals surface area contributed by atoms with E-state index in [-0.39, 0.29) is 12.6 Å². The average molecular weight is 248 g/mol. The van der Waals surface area contributed by atoms with Crippen LogP contribution in [0.2, 0.25) is 0 Å². The molecule has 1 fully saturated rings. The first-order valence-electron chi connectivity index (χ1n) is 6.86. The molecule has 3 heteroatoms. The van der Waals surface area contributed by atoms with E-state index in [1.165, 1.54) is 36.1 Å². The van der Waals surface area contributed by atoms with E-state index in [9.17, 15) is 5.11 Å². The number of rotatable bonds is 3. The highest BCUT2D eigenvalue weighted by molar-refractivity contribution is 5.58. The van der Waals surface area contributed by atoms with Gasteiger partial charge in [-0.2, -0.15) is 0 Å². The number of hydrogen-bond donors (Lipinski definition) is 2. The van der Waals surface area contributed by atoms with E-state index >= 15 is 0 Å². The number of aliphatic hydroxyl groups excluding tert-OH is 1. The molecule has 3 N–H and O–H groups in total. The van der Waals surface area contributed by atoms with E-state index in [0.29, 0.717) is 0 Å². The molecule has 18 heavy (non-hydrogen) atoms. The summed E-state index contributed by atoms with van der Waals surface area (Å²) in [6, 6.07) is 3.98. The van der Waals surface area contributed by atoms with Crippen LogP contribution in [0.1, 0.15) is 42.0 Å². The number of benzene rings is 1. The Balaban J connectivity index is 2.30. The van der Waals surface area contributed by atoms with Gasteiger partial charge in [-0.25, -0.2) is 0 Å². The van der Waals surface area contributed by atoms with Crippen molar-refractivity contribution >= 4 is 5.69 Å². The molecule has 1 atom stereocenters. The fourth-order valence-corrected chi connectivity index (χ4v) is 2.80. The quantitative estimate of drug-likeness (QED) is 0.863. The predicted molar refractivity (Wildman–Crippen MR) is 76.0 cm³/mol. The minimum absolute atomic E-state index is 0.00331. The van der Waals surface area contributed by atoms with Gasteiger partial charge in [0.05, 0.1) is 12.6 Å². The van der Waals surface area contributed by atoms with Crippen molar-refractivity contribution in [1.82, 2.24) is 0 Å². The second-order valence-corrected chi connectivity index (χ2v) is 5.26. The summed E-state index contributed by atoms with van der Waals surface area (Å²) < 4.78 is 0. The molecule has 1 aromatic rings. The van der Waals surface area contributed by atoms with Crippen molar-refractivity contribution in [3.8, 4) is 0 Å². The largest absolute Gasteiger partial charge is 0.394 e. The number of nitrogens with two attached hydrogens (primary N) is 1. The molecule has 1 aliphatic rings. The van der Waals surface area contributed by atoms with Crippen LogP contribution in [0.5, 0.6) is 0 Å². The molecule has 0 aliphatic carbocycles. The molecule has 0 radical (unpaired) electrons. The number of anilines is 1. The van der Waals surface area contributed by atoms with Crippen molar-refractivity contribution < 1.29 is 5.11 Å². The molecule has 0 saturated carbocycles. The van der Waals surface area contributed by atoms with Crippen molar-refractivity contribution in [2.45, 2.75) is 39.2 Å². The van der Waals surface area contributed by atoms with E-state index in [1.807, 2.05) is 0 Å². The molecule has 0 bridgehead atoms. The molecular formula is C15H24N2O. The van der Waals surface area contributed by atoms with Crippen LogP contribution >= 0.6 is 0 Å². The summed E-state index contributed by atoms with van der Waals surface area (Å²) in [5.41, 5.74) is 10.9. The summed E-state index contributed by atoms with van der Waals surface area (Å²) in [4.78, 5) is 2.47. The molecule has 100 valence electrons. The second kappa shape index (κ2) is 5.72. The average Bonchev–Trinajstić information content (AvgIpc) is 2.42. The van der Waals surface area contributed by atoms with Crippen molar-refractivity contribution in [1.29, 1.82) is 0 Å². The molecule has 2 rings (SSSR count). The van der Waals surface area contributed by atoms with Crippen molar-refractivity contribution in [3.05, 3.63) is 28.8 Å².